The van der Waals surface area contributed by atoms with Crippen molar-refractivity contribution in [3.05, 3.63) is 0 Å². The van der Waals surface area contributed by atoms with Crippen LogP contribution in [-0.4, -0.2) is 47.4 Å². The van der Waals surface area contributed by atoms with Crippen molar-refractivity contribution in [2.45, 2.75) is 63.7 Å². The second kappa shape index (κ2) is 9.72. The summed E-state index contributed by atoms with van der Waals surface area (Å²) >= 11 is 0. The molecule has 2 fully saturated rings. The molecule has 0 aromatic carbocycles. The Morgan fingerprint density at radius 1 is 1.33 bits per heavy atom. The van der Waals surface area contributed by atoms with Crippen molar-refractivity contribution < 1.29 is 14.6 Å². The maximum absolute atomic E-state index is 11.5. The number of hydrogen-bond donors (Lipinski definition) is 2. The van der Waals surface area contributed by atoms with Crippen molar-refractivity contribution in [1.29, 1.82) is 0 Å². The van der Waals surface area contributed by atoms with Gasteiger partial charge in [0.15, 0.2) is 0 Å². The second-order valence-electron chi connectivity index (χ2n) is 5.86. The number of rotatable bonds is 5. The summed E-state index contributed by atoms with van der Waals surface area (Å²) in [6.07, 6.45) is 5.58. The number of likely N-dealkylation sites (N-methyl/N-ethyl adjacent to an activating group) is 1. The van der Waals surface area contributed by atoms with Crippen molar-refractivity contribution in [3.63, 3.8) is 0 Å². The number of ether oxygens (including phenoxy) is 1. The largest absolute Gasteiger partial charge is 0.441 e. The van der Waals surface area contributed by atoms with Crippen LogP contribution in [-0.2, 0) is 4.74 Å². The molecule has 0 bridgehead atoms. The topological polar surface area (TPSA) is 75.8 Å². The van der Waals surface area contributed by atoms with E-state index in [0.717, 1.165) is 6.42 Å². The first-order valence-corrected chi connectivity index (χ1v) is 7.51. The highest BCUT2D eigenvalue weighted by Gasteiger charge is 2.38. The fraction of sp³-hybridized carbons (Fsp3) is 0.929. The number of carbonyl (C=O) groups excluding carboxylic acids is 1. The van der Waals surface area contributed by atoms with Gasteiger partial charge in [0.25, 0.3) is 0 Å². The number of nitrogens with two attached hydrogens (primary N) is 1. The van der Waals surface area contributed by atoms with Gasteiger partial charge in [0.05, 0.1) is 6.54 Å². The van der Waals surface area contributed by atoms with Gasteiger partial charge < -0.3 is 20.5 Å². The smallest absolute Gasteiger partial charge is 0.410 e. The molecule has 1 amide bonds. The van der Waals surface area contributed by atoms with E-state index in [1.165, 1.54) is 32.1 Å². The Kier molecular flexibility index (Phi) is 9.61. The molecule has 1 aliphatic heterocycles. The lowest BCUT2D eigenvalue weighted by atomic mass is 9.83. The van der Waals surface area contributed by atoms with Crippen LogP contribution in [0.25, 0.3) is 0 Å². The Hall–Kier alpha value is -0.230. The maximum Gasteiger partial charge on any atom is 0.410 e. The molecule has 21 heavy (non-hydrogen) atoms. The fourth-order valence-electron chi connectivity index (χ4n) is 3.19. The number of carbonyl (C=O) groups is 1. The predicted molar refractivity (Wildman–Crippen MR) is 87.2 cm³/mol. The summed E-state index contributed by atoms with van der Waals surface area (Å²) in [5.41, 5.74) is 6.10. The van der Waals surface area contributed by atoms with E-state index >= 15 is 0 Å². The minimum atomic E-state index is -0.748. The molecule has 1 aliphatic carbocycles. The molecule has 2 aliphatic rings. The summed E-state index contributed by atoms with van der Waals surface area (Å²) in [5.74, 6) is 0.623. The first kappa shape index (κ1) is 20.8. The number of hydrogen-bond acceptors (Lipinski definition) is 4. The van der Waals surface area contributed by atoms with E-state index in [2.05, 4.69) is 0 Å². The van der Waals surface area contributed by atoms with Gasteiger partial charge in [0.2, 0.25) is 0 Å². The zero-order valence-electron chi connectivity index (χ0n) is 12.6. The zero-order valence-corrected chi connectivity index (χ0v) is 14.2. The third-order valence-electron chi connectivity index (χ3n) is 4.44. The molecular weight excluding hydrogens is 315 g/mol. The second-order valence-corrected chi connectivity index (χ2v) is 5.86. The lowest BCUT2D eigenvalue weighted by Gasteiger charge is -2.28. The summed E-state index contributed by atoms with van der Waals surface area (Å²) in [4.78, 5) is 13.1. The molecule has 7 heteroatoms. The molecule has 1 heterocycles. The lowest BCUT2D eigenvalue weighted by Crippen LogP contribution is -2.45. The van der Waals surface area contributed by atoms with Gasteiger partial charge in [-0.1, -0.05) is 32.1 Å². The highest BCUT2D eigenvalue weighted by molar-refractivity contribution is 5.85. The molecule has 5 nitrogen and oxygen atoms in total. The summed E-state index contributed by atoms with van der Waals surface area (Å²) < 4.78 is 5.19. The van der Waals surface area contributed by atoms with E-state index in [9.17, 15) is 9.90 Å². The van der Waals surface area contributed by atoms with Crippen LogP contribution in [0.5, 0.6) is 0 Å². The molecule has 0 aromatic rings. The van der Waals surface area contributed by atoms with Crippen molar-refractivity contribution in [3.8, 4) is 0 Å². The van der Waals surface area contributed by atoms with Crippen LogP contribution in [0.4, 0.5) is 4.79 Å². The zero-order chi connectivity index (χ0) is 13.8. The average Bonchev–Trinajstić information content (AvgIpc) is 2.80. The molecule has 3 N–H and O–H groups in total. The fourth-order valence-corrected chi connectivity index (χ4v) is 3.19. The van der Waals surface area contributed by atoms with Crippen LogP contribution in [0.3, 0.4) is 0 Å². The third-order valence-corrected chi connectivity index (χ3v) is 4.44. The van der Waals surface area contributed by atoms with Gasteiger partial charge >= 0.3 is 6.09 Å². The number of cyclic esters (lactones) is 1. The third kappa shape index (κ3) is 5.47. The minimum absolute atomic E-state index is 0. The SMILES string of the molecule is CCN1C[C@@H](C(O)[C@@H](N)CC2CCCCC2)OC1=O.Cl.Cl. The van der Waals surface area contributed by atoms with Crippen LogP contribution in [0.15, 0.2) is 0 Å². The Bertz CT molecular complexity index is 315. The summed E-state index contributed by atoms with van der Waals surface area (Å²) in [6, 6.07) is -0.294. The highest BCUT2D eigenvalue weighted by Crippen LogP contribution is 2.28. The maximum atomic E-state index is 11.5. The number of amides is 1. The molecule has 0 spiro atoms. The van der Waals surface area contributed by atoms with Crippen molar-refractivity contribution >= 4 is 30.9 Å². The summed E-state index contributed by atoms with van der Waals surface area (Å²) in [5, 5.41) is 10.3. The molecule has 2 rings (SSSR count). The van der Waals surface area contributed by atoms with Crippen LogP contribution in [0.2, 0.25) is 0 Å². The molecule has 1 saturated carbocycles. The Balaban J connectivity index is 0.00000200. The first-order chi connectivity index (χ1) is 9.11. The van der Waals surface area contributed by atoms with Gasteiger partial charge in [0, 0.05) is 12.6 Å². The Morgan fingerprint density at radius 3 is 2.48 bits per heavy atom. The van der Waals surface area contributed by atoms with Crippen LogP contribution >= 0.6 is 24.8 Å². The van der Waals surface area contributed by atoms with Crippen molar-refractivity contribution in [2.24, 2.45) is 11.7 Å². The number of nitrogens with zero attached hydrogens (tertiary/aromatic N) is 1. The lowest BCUT2D eigenvalue weighted by molar-refractivity contribution is 0.0120. The van der Waals surface area contributed by atoms with E-state index in [1.807, 2.05) is 6.92 Å². The van der Waals surface area contributed by atoms with Gasteiger partial charge in [-0.05, 0) is 19.3 Å². The van der Waals surface area contributed by atoms with Crippen LogP contribution < -0.4 is 5.73 Å². The standard InChI is InChI=1S/C14H26N2O3.2ClH/c1-2-16-9-12(19-14(16)18)13(17)11(15)8-10-6-4-3-5-7-10;;/h10-13,17H,2-9,15H2,1H3;2*1H/t11-,12-,13?;;/m0../s1. The van der Waals surface area contributed by atoms with Gasteiger partial charge in [0.1, 0.15) is 12.2 Å². The predicted octanol–water partition coefficient (Wildman–Crippen LogP) is 2.33. The number of halogens is 2. The van der Waals surface area contributed by atoms with Crippen molar-refractivity contribution in [1.82, 2.24) is 4.90 Å². The van der Waals surface area contributed by atoms with Crippen molar-refractivity contribution in [2.75, 3.05) is 13.1 Å². The monoisotopic (exact) mass is 342 g/mol. The van der Waals surface area contributed by atoms with E-state index in [4.69, 9.17) is 10.5 Å². The first-order valence-electron chi connectivity index (χ1n) is 7.51. The highest BCUT2D eigenvalue weighted by atomic mass is 35.5. The van der Waals surface area contributed by atoms with Gasteiger partial charge in [-0.3, -0.25) is 0 Å². The van der Waals surface area contributed by atoms with Crippen LogP contribution in [0, 0.1) is 5.92 Å². The molecule has 1 unspecified atom stereocenters. The Morgan fingerprint density at radius 2 is 1.95 bits per heavy atom. The number of aliphatic hydroxyl groups is 1. The number of aliphatic hydroxyl groups excluding tert-OH is 1. The van der Waals surface area contributed by atoms with E-state index in [-0.39, 0.29) is 36.9 Å². The molecule has 0 aromatic heterocycles. The summed E-state index contributed by atoms with van der Waals surface area (Å²) in [6.45, 7) is 2.97. The Labute approximate surface area is 139 Å². The molecule has 0 radical (unpaired) electrons. The molecule has 3 atom stereocenters. The average molecular weight is 343 g/mol. The molecule has 1 saturated heterocycles. The van der Waals surface area contributed by atoms with Gasteiger partial charge in [-0.25, -0.2) is 4.79 Å². The van der Waals surface area contributed by atoms with E-state index in [1.54, 1.807) is 4.90 Å². The summed E-state index contributed by atoms with van der Waals surface area (Å²) in [7, 11) is 0. The minimum Gasteiger partial charge on any atom is -0.441 e. The van der Waals surface area contributed by atoms with E-state index in [0.29, 0.717) is 19.0 Å². The normalized spacial score (nSPS) is 25.6. The van der Waals surface area contributed by atoms with Crippen LogP contribution in [0.1, 0.15) is 45.4 Å². The molecule has 126 valence electrons. The van der Waals surface area contributed by atoms with Gasteiger partial charge in [-0.15, -0.1) is 24.8 Å². The molecular formula is C14H28Cl2N2O3. The van der Waals surface area contributed by atoms with E-state index < -0.39 is 12.2 Å². The van der Waals surface area contributed by atoms with Gasteiger partial charge in [-0.2, -0.15) is 0 Å². The quantitative estimate of drug-likeness (QED) is 0.803.